The number of fused-ring (bicyclic) bond motifs is 1. The number of hydrogen-bond acceptors (Lipinski definition) is 5. The molecule has 168 valence electrons. The van der Waals surface area contributed by atoms with Crippen LogP contribution in [0.4, 0.5) is 4.39 Å². The molecule has 1 N–H and O–H groups in total. The summed E-state index contributed by atoms with van der Waals surface area (Å²) >= 11 is 1.30. The van der Waals surface area contributed by atoms with Crippen LogP contribution in [0.3, 0.4) is 0 Å². The fraction of sp³-hybridized carbons (Fsp3) is 0.200. The number of halogens is 1. The zero-order valence-electron chi connectivity index (χ0n) is 18.1. The van der Waals surface area contributed by atoms with E-state index >= 15 is 0 Å². The van der Waals surface area contributed by atoms with Crippen molar-refractivity contribution in [2.75, 3.05) is 12.3 Å². The largest absolute Gasteiger partial charge is 0.356 e. The molecule has 0 bridgehead atoms. The first-order valence-corrected chi connectivity index (χ1v) is 11.6. The van der Waals surface area contributed by atoms with E-state index in [1.165, 1.54) is 30.8 Å². The molecule has 0 spiro atoms. The maximum atomic E-state index is 13.5. The molecule has 3 aromatic carbocycles. The van der Waals surface area contributed by atoms with Crippen molar-refractivity contribution in [3.63, 3.8) is 0 Å². The number of thioether (sulfide) groups is 1. The second-order valence-corrected chi connectivity index (χ2v) is 8.51. The maximum Gasteiger partial charge on any atom is 0.216 e. The quantitative estimate of drug-likeness (QED) is 0.223. The Bertz CT molecular complexity index is 1290. The van der Waals surface area contributed by atoms with Gasteiger partial charge >= 0.3 is 0 Å². The minimum absolute atomic E-state index is 0.00776. The number of ketones is 1. The first-order chi connectivity index (χ1) is 16.0. The zero-order valence-corrected chi connectivity index (χ0v) is 18.9. The second kappa shape index (κ2) is 10.4. The van der Waals surface area contributed by atoms with Gasteiger partial charge in [0.05, 0.1) is 5.75 Å². The third-order valence-electron chi connectivity index (χ3n) is 5.14. The molecule has 0 unspecified atom stereocenters. The minimum atomic E-state index is -0.334. The van der Waals surface area contributed by atoms with Crippen molar-refractivity contribution in [3.05, 3.63) is 83.9 Å². The number of aryl methyl sites for hydroxylation is 1. The van der Waals surface area contributed by atoms with Crippen LogP contribution in [-0.2, 0) is 11.2 Å². The predicted molar refractivity (Wildman–Crippen MR) is 127 cm³/mol. The molecule has 4 rings (SSSR count). The summed E-state index contributed by atoms with van der Waals surface area (Å²) in [5.41, 5.74) is 1.36. The summed E-state index contributed by atoms with van der Waals surface area (Å²) in [5.74, 6) is 0.459. The third-order valence-corrected chi connectivity index (χ3v) is 6.07. The Morgan fingerprint density at radius 2 is 1.76 bits per heavy atom. The summed E-state index contributed by atoms with van der Waals surface area (Å²) < 4.78 is 15.3. The molecule has 0 atom stereocenters. The SMILES string of the molecule is CC(=O)NCCCc1nnc(SCC(=O)c2ccc3ccccc3c2)n1-c1ccc(F)cc1. The molecule has 33 heavy (non-hydrogen) atoms. The Labute approximate surface area is 195 Å². The van der Waals surface area contributed by atoms with Gasteiger partial charge in [-0.1, -0.05) is 48.2 Å². The number of aromatic nitrogens is 3. The van der Waals surface area contributed by atoms with Gasteiger partial charge in [-0.3, -0.25) is 14.2 Å². The van der Waals surface area contributed by atoms with E-state index in [1.807, 2.05) is 47.0 Å². The number of nitrogens with one attached hydrogen (secondary N) is 1. The van der Waals surface area contributed by atoms with Gasteiger partial charge in [0.25, 0.3) is 0 Å². The van der Waals surface area contributed by atoms with Crippen molar-refractivity contribution >= 4 is 34.2 Å². The number of hydrogen-bond donors (Lipinski definition) is 1. The molecule has 0 saturated carbocycles. The van der Waals surface area contributed by atoms with Gasteiger partial charge in [0.15, 0.2) is 10.9 Å². The van der Waals surface area contributed by atoms with Crippen LogP contribution in [0.1, 0.15) is 29.5 Å². The van der Waals surface area contributed by atoms with E-state index in [-0.39, 0.29) is 23.3 Å². The lowest BCUT2D eigenvalue weighted by molar-refractivity contribution is -0.118. The fourth-order valence-corrected chi connectivity index (χ4v) is 4.36. The summed E-state index contributed by atoms with van der Waals surface area (Å²) in [7, 11) is 0. The van der Waals surface area contributed by atoms with Crippen LogP contribution in [0.2, 0.25) is 0 Å². The first kappa shape index (κ1) is 22.7. The van der Waals surface area contributed by atoms with E-state index in [0.29, 0.717) is 35.9 Å². The number of Topliss-reactive ketones (excluding diaryl/α,β-unsaturated/α-hetero) is 1. The molecule has 0 aliphatic rings. The maximum absolute atomic E-state index is 13.5. The van der Waals surface area contributed by atoms with Gasteiger partial charge in [-0.05, 0) is 47.5 Å². The number of carbonyl (C=O) groups excluding carboxylic acids is 2. The van der Waals surface area contributed by atoms with E-state index in [2.05, 4.69) is 15.5 Å². The van der Waals surface area contributed by atoms with Gasteiger partial charge in [0.1, 0.15) is 11.6 Å². The van der Waals surface area contributed by atoms with Crippen molar-refractivity contribution < 1.29 is 14.0 Å². The molecule has 1 aromatic heterocycles. The van der Waals surface area contributed by atoms with E-state index in [9.17, 15) is 14.0 Å². The van der Waals surface area contributed by atoms with E-state index in [0.717, 1.165) is 16.5 Å². The van der Waals surface area contributed by atoms with Crippen LogP contribution in [0, 0.1) is 5.82 Å². The highest BCUT2D eigenvalue weighted by Gasteiger charge is 2.17. The highest BCUT2D eigenvalue weighted by atomic mass is 32.2. The molecule has 1 amide bonds. The van der Waals surface area contributed by atoms with Gasteiger partial charge in [-0.15, -0.1) is 10.2 Å². The Morgan fingerprint density at radius 1 is 1.00 bits per heavy atom. The normalized spacial score (nSPS) is 11.0. The standard InChI is InChI=1S/C25H23FN4O2S/c1-17(31)27-14-4-7-24-28-29-25(30(24)22-12-10-21(26)11-13-22)33-16-23(32)20-9-8-18-5-2-3-6-19(18)15-20/h2-3,5-6,8-13,15H,4,7,14,16H2,1H3,(H,27,31). The van der Waals surface area contributed by atoms with Gasteiger partial charge < -0.3 is 5.32 Å². The van der Waals surface area contributed by atoms with Crippen LogP contribution in [0.15, 0.2) is 71.9 Å². The van der Waals surface area contributed by atoms with Crippen molar-refractivity contribution in [1.82, 2.24) is 20.1 Å². The summed E-state index contributed by atoms with van der Waals surface area (Å²) in [5, 5.41) is 14.0. The molecule has 0 radical (unpaired) electrons. The van der Waals surface area contributed by atoms with Gasteiger partial charge in [0.2, 0.25) is 5.91 Å². The first-order valence-electron chi connectivity index (χ1n) is 10.6. The minimum Gasteiger partial charge on any atom is -0.356 e. The second-order valence-electron chi connectivity index (χ2n) is 7.57. The summed E-state index contributed by atoms with van der Waals surface area (Å²) in [4.78, 5) is 24.0. The molecular weight excluding hydrogens is 439 g/mol. The monoisotopic (exact) mass is 462 g/mol. The molecule has 6 nitrogen and oxygen atoms in total. The Hall–Kier alpha value is -3.52. The summed E-state index contributed by atoms with van der Waals surface area (Å²) in [6, 6.07) is 19.7. The van der Waals surface area contributed by atoms with Gasteiger partial charge in [0, 0.05) is 31.1 Å². The lowest BCUT2D eigenvalue weighted by atomic mass is 10.1. The average molecular weight is 463 g/mol. The number of amides is 1. The van der Waals surface area contributed by atoms with Crippen LogP contribution in [0.5, 0.6) is 0 Å². The Balaban J connectivity index is 1.52. The topological polar surface area (TPSA) is 76.9 Å². The van der Waals surface area contributed by atoms with Crippen molar-refractivity contribution in [2.45, 2.75) is 24.9 Å². The van der Waals surface area contributed by atoms with E-state index < -0.39 is 0 Å². The van der Waals surface area contributed by atoms with Crippen molar-refractivity contribution in [3.8, 4) is 5.69 Å². The van der Waals surface area contributed by atoms with Crippen LogP contribution in [0.25, 0.3) is 16.5 Å². The molecular formula is C25H23FN4O2S. The third kappa shape index (κ3) is 5.64. The summed E-state index contributed by atoms with van der Waals surface area (Å²) in [6.45, 7) is 2.00. The molecule has 4 aromatic rings. The lowest BCUT2D eigenvalue weighted by Crippen LogP contribution is -2.21. The summed E-state index contributed by atoms with van der Waals surface area (Å²) in [6.07, 6.45) is 1.25. The molecule has 0 saturated heterocycles. The van der Waals surface area contributed by atoms with E-state index in [1.54, 1.807) is 12.1 Å². The number of benzene rings is 3. The number of rotatable bonds is 9. The predicted octanol–water partition coefficient (Wildman–Crippen LogP) is 4.60. The smallest absolute Gasteiger partial charge is 0.216 e. The van der Waals surface area contributed by atoms with Crippen LogP contribution < -0.4 is 5.32 Å². The zero-order chi connectivity index (χ0) is 23.2. The lowest BCUT2D eigenvalue weighted by Gasteiger charge is -2.10. The van der Waals surface area contributed by atoms with Gasteiger partial charge in [-0.2, -0.15) is 0 Å². The number of carbonyl (C=O) groups is 2. The Morgan fingerprint density at radius 3 is 2.52 bits per heavy atom. The molecule has 0 fully saturated rings. The molecule has 1 heterocycles. The fourth-order valence-electron chi connectivity index (χ4n) is 3.49. The molecule has 0 aliphatic carbocycles. The highest BCUT2D eigenvalue weighted by molar-refractivity contribution is 7.99. The molecule has 0 aliphatic heterocycles. The number of nitrogens with zero attached hydrogens (tertiary/aromatic N) is 3. The molecule has 8 heteroatoms. The van der Waals surface area contributed by atoms with Crippen molar-refractivity contribution in [2.24, 2.45) is 0 Å². The Kier molecular flexibility index (Phi) is 7.14. The highest BCUT2D eigenvalue weighted by Crippen LogP contribution is 2.25. The average Bonchev–Trinajstić information content (AvgIpc) is 3.23. The van der Waals surface area contributed by atoms with Gasteiger partial charge in [-0.25, -0.2) is 4.39 Å². The van der Waals surface area contributed by atoms with Crippen LogP contribution in [-0.4, -0.2) is 38.8 Å². The van der Waals surface area contributed by atoms with Crippen molar-refractivity contribution in [1.29, 1.82) is 0 Å². The van der Waals surface area contributed by atoms with E-state index in [4.69, 9.17) is 0 Å². The van der Waals surface area contributed by atoms with Crippen LogP contribution >= 0.6 is 11.8 Å².